The lowest BCUT2D eigenvalue weighted by Gasteiger charge is -2.13. The molecule has 0 atom stereocenters. The van der Waals surface area contributed by atoms with Gasteiger partial charge in [-0.1, -0.05) is 19.9 Å². The molecule has 1 rings (SSSR count). The van der Waals surface area contributed by atoms with Crippen molar-refractivity contribution in [3.8, 4) is 5.75 Å². The number of aliphatic carboxylic acids is 1. The van der Waals surface area contributed by atoms with Gasteiger partial charge in [-0.3, -0.25) is 4.79 Å². The van der Waals surface area contributed by atoms with Gasteiger partial charge in [0.2, 0.25) is 0 Å². The quantitative estimate of drug-likeness (QED) is 0.825. The number of carboxylic acids is 1. The van der Waals surface area contributed by atoms with Gasteiger partial charge in [-0.15, -0.1) is 0 Å². The van der Waals surface area contributed by atoms with Crippen LogP contribution in [0.3, 0.4) is 0 Å². The van der Waals surface area contributed by atoms with Crippen molar-refractivity contribution in [1.29, 1.82) is 0 Å². The Balaban J connectivity index is 2.84. The lowest BCUT2D eigenvalue weighted by Crippen LogP contribution is -1.99. The molecular formula is C14H20O3. The summed E-state index contributed by atoms with van der Waals surface area (Å²) in [5, 5.41) is 18.4. The minimum atomic E-state index is -0.759. The summed E-state index contributed by atoms with van der Waals surface area (Å²) in [4.78, 5) is 10.5. The van der Waals surface area contributed by atoms with Crippen LogP contribution in [0.2, 0.25) is 0 Å². The zero-order chi connectivity index (χ0) is 13.0. The fourth-order valence-electron chi connectivity index (χ4n) is 1.92. The zero-order valence-electron chi connectivity index (χ0n) is 10.7. The van der Waals surface area contributed by atoms with Crippen molar-refractivity contribution in [2.45, 2.75) is 46.0 Å². The van der Waals surface area contributed by atoms with E-state index in [9.17, 15) is 9.90 Å². The van der Waals surface area contributed by atoms with E-state index in [0.717, 1.165) is 23.1 Å². The van der Waals surface area contributed by atoms with Crippen LogP contribution in [-0.4, -0.2) is 16.2 Å². The van der Waals surface area contributed by atoms with Crippen molar-refractivity contribution in [1.82, 2.24) is 0 Å². The highest BCUT2D eigenvalue weighted by atomic mass is 16.4. The standard InChI is InChI=1S/C14H20O3/c1-9(2)12-8-11(5-4-6-14(16)17)10(3)7-13(12)15/h7-9,15H,4-6H2,1-3H3,(H,16,17). The van der Waals surface area contributed by atoms with Gasteiger partial charge in [-0.2, -0.15) is 0 Å². The maximum absolute atomic E-state index is 10.5. The number of hydrogen-bond donors (Lipinski definition) is 2. The second-order valence-electron chi connectivity index (χ2n) is 4.74. The minimum Gasteiger partial charge on any atom is -0.508 e. The second-order valence-corrected chi connectivity index (χ2v) is 4.74. The Morgan fingerprint density at radius 1 is 1.35 bits per heavy atom. The largest absolute Gasteiger partial charge is 0.508 e. The van der Waals surface area contributed by atoms with Crippen LogP contribution in [0, 0.1) is 6.92 Å². The highest BCUT2D eigenvalue weighted by molar-refractivity contribution is 5.66. The van der Waals surface area contributed by atoms with Gasteiger partial charge in [0.25, 0.3) is 0 Å². The number of aromatic hydroxyl groups is 1. The van der Waals surface area contributed by atoms with Crippen LogP contribution in [0.15, 0.2) is 12.1 Å². The summed E-state index contributed by atoms with van der Waals surface area (Å²) in [6.45, 7) is 6.01. The lowest BCUT2D eigenvalue weighted by atomic mass is 9.94. The third-order valence-electron chi connectivity index (χ3n) is 2.94. The first-order valence-corrected chi connectivity index (χ1v) is 5.96. The lowest BCUT2D eigenvalue weighted by molar-refractivity contribution is -0.137. The Morgan fingerprint density at radius 2 is 2.00 bits per heavy atom. The molecular weight excluding hydrogens is 216 g/mol. The van der Waals surface area contributed by atoms with E-state index in [4.69, 9.17) is 5.11 Å². The highest BCUT2D eigenvalue weighted by Gasteiger charge is 2.10. The van der Waals surface area contributed by atoms with E-state index in [0.29, 0.717) is 12.2 Å². The summed E-state index contributed by atoms with van der Waals surface area (Å²) in [5.41, 5.74) is 3.09. The average molecular weight is 236 g/mol. The summed E-state index contributed by atoms with van der Waals surface area (Å²) >= 11 is 0. The van der Waals surface area contributed by atoms with Crippen LogP contribution >= 0.6 is 0 Å². The molecule has 94 valence electrons. The zero-order valence-corrected chi connectivity index (χ0v) is 10.7. The smallest absolute Gasteiger partial charge is 0.303 e. The molecule has 0 unspecified atom stereocenters. The Hall–Kier alpha value is -1.51. The van der Waals surface area contributed by atoms with Crippen molar-refractivity contribution in [3.63, 3.8) is 0 Å². The summed E-state index contributed by atoms with van der Waals surface area (Å²) < 4.78 is 0. The molecule has 2 N–H and O–H groups in total. The van der Waals surface area contributed by atoms with Gasteiger partial charge in [-0.05, 0) is 48.4 Å². The Bertz CT molecular complexity index is 408. The number of phenols is 1. The van der Waals surface area contributed by atoms with Gasteiger partial charge in [0.1, 0.15) is 5.75 Å². The van der Waals surface area contributed by atoms with Crippen LogP contribution in [-0.2, 0) is 11.2 Å². The number of hydrogen-bond acceptors (Lipinski definition) is 2. The molecule has 1 aromatic rings. The maximum Gasteiger partial charge on any atom is 0.303 e. The van der Waals surface area contributed by atoms with Crippen molar-refractivity contribution in [2.24, 2.45) is 0 Å². The van der Waals surface area contributed by atoms with E-state index in [1.165, 1.54) is 0 Å². The number of rotatable bonds is 5. The molecule has 0 radical (unpaired) electrons. The Kier molecular flexibility index (Phi) is 4.55. The maximum atomic E-state index is 10.5. The highest BCUT2D eigenvalue weighted by Crippen LogP contribution is 2.29. The Labute approximate surface area is 102 Å². The predicted molar refractivity (Wildman–Crippen MR) is 67.5 cm³/mol. The number of benzene rings is 1. The normalized spacial score (nSPS) is 10.8. The fourth-order valence-corrected chi connectivity index (χ4v) is 1.92. The topological polar surface area (TPSA) is 57.5 Å². The van der Waals surface area contributed by atoms with E-state index in [-0.39, 0.29) is 12.3 Å². The predicted octanol–water partition coefficient (Wildman–Crippen LogP) is 3.23. The molecule has 0 aliphatic heterocycles. The molecule has 0 bridgehead atoms. The van der Waals surface area contributed by atoms with E-state index >= 15 is 0 Å². The van der Waals surface area contributed by atoms with Gasteiger partial charge >= 0.3 is 5.97 Å². The monoisotopic (exact) mass is 236 g/mol. The van der Waals surface area contributed by atoms with Crippen molar-refractivity contribution < 1.29 is 15.0 Å². The molecule has 0 saturated carbocycles. The number of carboxylic acid groups (broad SMARTS) is 1. The van der Waals surface area contributed by atoms with Gasteiger partial charge in [0.05, 0.1) is 0 Å². The summed E-state index contributed by atoms with van der Waals surface area (Å²) in [7, 11) is 0. The summed E-state index contributed by atoms with van der Waals surface area (Å²) in [6, 6.07) is 3.77. The molecule has 0 spiro atoms. The van der Waals surface area contributed by atoms with Gasteiger partial charge in [-0.25, -0.2) is 0 Å². The SMILES string of the molecule is Cc1cc(O)c(C(C)C)cc1CCCC(=O)O. The van der Waals surface area contributed by atoms with Gasteiger partial charge in [0, 0.05) is 6.42 Å². The van der Waals surface area contributed by atoms with Crippen LogP contribution in [0.1, 0.15) is 49.3 Å². The molecule has 0 saturated heterocycles. The molecule has 0 heterocycles. The van der Waals surface area contributed by atoms with Gasteiger partial charge in [0.15, 0.2) is 0 Å². The first-order valence-electron chi connectivity index (χ1n) is 5.96. The fraction of sp³-hybridized carbons (Fsp3) is 0.500. The molecule has 3 nitrogen and oxygen atoms in total. The van der Waals surface area contributed by atoms with Crippen LogP contribution in [0.4, 0.5) is 0 Å². The molecule has 0 aliphatic rings. The third kappa shape index (κ3) is 3.77. The molecule has 3 heteroatoms. The van der Waals surface area contributed by atoms with Crippen molar-refractivity contribution in [2.75, 3.05) is 0 Å². The number of phenolic OH excluding ortho intramolecular Hbond substituents is 1. The third-order valence-corrected chi connectivity index (χ3v) is 2.94. The van der Waals surface area contributed by atoms with E-state index < -0.39 is 5.97 Å². The van der Waals surface area contributed by atoms with E-state index in [1.807, 2.05) is 26.8 Å². The Morgan fingerprint density at radius 3 is 2.53 bits per heavy atom. The molecule has 1 aromatic carbocycles. The van der Waals surface area contributed by atoms with Crippen molar-refractivity contribution in [3.05, 3.63) is 28.8 Å². The van der Waals surface area contributed by atoms with Crippen LogP contribution < -0.4 is 0 Å². The minimum absolute atomic E-state index is 0.192. The molecule has 0 aliphatic carbocycles. The van der Waals surface area contributed by atoms with E-state index in [2.05, 4.69) is 0 Å². The van der Waals surface area contributed by atoms with Crippen molar-refractivity contribution >= 4 is 5.97 Å². The van der Waals surface area contributed by atoms with Gasteiger partial charge < -0.3 is 10.2 Å². The molecule has 17 heavy (non-hydrogen) atoms. The number of carbonyl (C=O) groups is 1. The second kappa shape index (κ2) is 5.71. The number of aryl methyl sites for hydroxylation is 2. The summed E-state index contributed by atoms with van der Waals surface area (Å²) in [5.74, 6) is -0.154. The molecule has 0 aromatic heterocycles. The molecule has 0 amide bonds. The first kappa shape index (κ1) is 13.6. The van der Waals surface area contributed by atoms with E-state index in [1.54, 1.807) is 6.07 Å². The average Bonchev–Trinajstić information content (AvgIpc) is 2.20. The first-order chi connectivity index (χ1) is 7.91. The van der Waals surface area contributed by atoms with Crippen LogP contribution in [0.25, 0.3) is 0 Å². The summed E-state index contributed by atoms with van der Waals surface area (Å²) in [6.07, 6.45) is 1.58. The molecule has 0 fully saturated rings. The van der Waals surface area contributed by atoms with Crippen LogP contribution in [0.5, 0.6) is 5.75 Å².